The predicted molar refractivity (Wildman–Crippen MR) is 147 cm³/mol. The fourth-order valence-corrected chi connectivity index (χ4v) is 5.49. The Morgan fingerprint density at radius 1 is 1.16 bits per heavy atom. The highest BCUT2D eigenvalue weighted by molar-refractivity contribution is 7.92. The number of amides is 1. The number of allylic oxidation sites excluding steroid dienone is 1. The van der Waals surface area contributed by atoms with Crippen LogP contribution in [0.25, 0.3) is 6.08 Å². The average molecular weight is 555 g/mol. The van der Waals surface area contributed by atoms with Crippen LogP contribution in [0.4, 0.5) is 17.3 Å². The van der Waals surface area contributed by atoms with E-state index in [-0.39, 0.29) is 34.0 Å². The van der Waals surface area contributed by atoms with E-state index < -0.39 is 10.0 Å². The van der Waals surface area contributed by atoms with Gasteiger partial charge in [0.15, 0.2) is 11.6 Å². The number of carbonyl (C=O) groups is 1. The van der Waals surface area contributed by atoms with Crippen LogP contribution < -0.4 is 25.4 Å². The molecule has 1 unspecified atom stereocenters. The van der Waals surface area contributed by atoms with Crippen molar-refractivity contribution in [2.24, 2.45) is 0 Å². The number of sulfonamides is 1. The Balaban J connectivity index is 1.46. The second-order valence-electron chi connectivity index (χ2n) is 8.96. The summed E-state index contributed by atoms with van der Waals surface area (Å²) >= 11 is 6.37. The number of carbonyl (C=O) groups excluding carboxylic acids is 1. The summed E-state index contributed by atoms with van der Waals surface area (Å²) in [7, 11) is -2.58. The van der Waals surface area contributed by atoms with Gasteiger partial charge in [0.25, 0.3) is 15.9 Å². The molecule has 1 aromatic heterocycles. The molecule has 1 fully saturated rings. The van der Waals surface area contributed by atoms with Crippen molar-refractivity contribution >= 4 is 50.9 Å². The van der Waals surface area contributed by atoms with E-state index in [1.807, 2.05) is 12.2 Å². The molecule has 0 bridgehead atoms. The SMILES string of the molecule is COc1ccc(Cl)c(Nc2nc3c(nc2NS(=O)(=O)c2cccc(C(=O)NC4CCNC4)c2)CCC=C3)c1. The quantitative estimate of drug-likeness (QED) is 0.331. The van der Waals surface area contributed by atoms with Crippen molar-refractivity contribution in [1.29, 1.82) is 0 Å². The van der Waals surface area contributed by atoms with E-state index in [1.165, 1.54) is 25.3 Å². The van der Waals surface area contributed by atoms with Crippen molar-refractivity contribution in [3.63, 3.8) is 0 Å². The summed E-state index contributed by atoms with van der Waals surface area (Å²) in [6.45, 7) is 1.52. The highest BCUT2D eigenvalue weighted by Crippen LogP contribution is 2.33. The van der Waals surface area contributed by atoms with Crippen molar-refractivity contribution in [2.45, 2.75) is 30.2 Å². The van der Waals surface area contributed by atoms with Gasteiger partial charge in [-0.25, -0.2) is 18.4 Å². The van der Waals surface area contributed by atoms with Gasteiger partial charge >= 0.3 is 0 Å². The third-order valence-corrected chi connectivity index (χ3v) is 7.95. The number of methoxy groups -OCH3 is 1. The molecule has 12 heteroatoms. The summed E-state index contributed by atoms with van der Waals surface area (Å²) in [4.78, 5) is 21.9. The summed E-state index contributed by atoms with van der Waals surface area (Å²) in [6, 6.07) is 11.0. The number of hydrogen-bond acceptors (Lipinski definition) is 8. The number of hydrogen-bond donors (Lipinski definition) is 4. The van der Waals surface area contributed by atoms with Gasteiger partial charge < -0.3 is 20.7 Å². The first-order valence-electron chi connectivity index (χ1n) is 12.1. The number of anilines is 3. The van der Waals surface area contributed by atoms with Gasteiger partial charge in [0.05, 0.1) is 34.1 Å². The van der Waals surface area contributed by atoms with E-state index in [0.29, 0.717) is 40.8 Å². The lowest BCUT2D eigenvalue weighted by Crippen LogP contribution is -2.36. The molecule has 3 aromatic rings. The molecule has 1 aliphatic heterocycles. The lowest BCUT2D eigenvalue weighted by atomic mass is 10.1. The minimum atomic E-state index is -4.12. The van der Waals surface area contributed by atoms with E-state index in [4.69, 9.17) is 16.3 Å². The van der Waals surface area contributed by atoms with E-state index >= 15 is 0 Å². The number of benzene rings is 2. The smallest absolute Gasteiger partial charge is 0.263 e. The zero-order valence-electron chi connectivity index (χ0n) is 20.6. The number of nitrogens with one attached hydrogen (secondary N) is 4. The van der Waals surface area contributed by atoms with Crippen molar-refractivity contribution in [1.82, 2.24) is 20.6 Å². The van der Waals surface area contributed by atoms with Gasteiger partial charge in [-0.3, -0.25) is 9.52 Å². The van der Waals surface area contributed by atoms with Gasteiger partial charge in [0.2, 0.25) is 0 Å². The van der Waals surface area contributed by atoms with Crippen molar-refractivity contribution in [3.05, 3.63) is 70.5 Å². The van der Waals surface area contributed by atoms with Gasteiger partial charge in [0.1, 0.15) is 5.75 Å². The predicted octanol–water partition coefficient (Wildman–Crippen LogP) is 3.73. The molecular formula is C26H27ClN6O4S. The number of aryl methyl sites for hydroxylation is 1. The van der Waals surface area contributed by atoms with Gasteiger partial charge in [-0.15, -0.1) is 0 Å². The molecule has 0 saturated carbocycles. The molecule has 1 aliphatic carbocycles. The first-order valence-corrected chi connectivity index (χ1v) is 14.0. The second-order valence-corrected chi connectivity index (χ2v) is 11.1. The molecule has 1 atom stereocenters. The fraction of sp³-hybridized carbons (Fsp3) is 0.269. The summed E-state index contributed by atoms with van der Waals surface area (Å²) in [5, 5.41) is 9.61. The average Bonchev–Trinajstić information content (AvgIpc) is 3.43. The number of aromatic nitrogens is 2. The molecule has 1 saturated heterocycles. The van der Waals surface area contributed by atoms with Gasteiger partial charge in [-0.05, 0) is 62.2 Å². The standard InChI is InChI=1S/C26H27ClN6O4S/c1-37-18-9-10-20(27)23(14-18)32-24-25(31-22-8-3-2-7-21(22)30-24)33-38(35,36)19-6-4-5-16(13-19)26(34)29-17-11-12-28-15-17/h2,4-7,9-10,13-14,17,28H,3,8,11-12,15H2,1H3,(H,29,34)(H,30,32)(H,31,33). The third kappa shape index (κ3) is 5.74. The summed E-state index contributed by atoms with van der Waals surface area (Å²) in [5.41, 5.74) is 2.04. The van der Waals surface area contributed by atoms with Crippen LogP contribution in [-0.2, 0) is 16.4 Å². The van der Waals surface area contributed by atoms with Gasteiger partial charge in [-0.2, -0.15) is 0 Å². The Morgan fingerprint density at radius 3 is 2.82 bits per heavy atom. The van der Waals surface area contributed by atoms with Crippen molar-refractivity contribution in [3.8, 4) is 5.75 Å². The van der Waals surface area contributed by atoms with E-state index in [1.54, 1.807) is 24.3 Å². The molecule has 5 rings (SSSR count). The minimum absolute atomic E-state index is 0.0118. The largest absolute Gasteiger partial charge is 0.497 e. The summed E-state index contributed by atoms with van der Waals surface area (Å²) < 4.78 is 34.7. The number of nitrogens with zero attached hydrogens (tertiary/aromatic N) is 2. The van der Waals surface area contributed by atoms with Crippen LogP contribution >= 0.6 is 11.6 Å². The van der Waals surface area contributed by atoms with Gasteiger partial charge in [-0.1, -0.05) is 23.7 Å². The van der Waals surface area contributed by atoms with Crippen LogP contribution in [-0.4, -0.2) is 50.5 Å². The van der Waals surface area contributed by atoms with Crippen molar-refractivity contribution in [2.75, 3.05) is 30.2 Å². The Hall–Kier alpha value is -3.67. The number of halogens is 1. The zero-order valence-corrected chi connectivity index (χ0v) is 22.2. The van der Waals surface area contributed by atoms with E-state index in [2.05, 4.69) is 30.6 Å². The number of rotatable bonds is 8. The van der Waals surface area contributed by atoms with Crippen LogP contribution in [0.15, 0.2) is 53.4 Å². The van der Waals surface area contributed by atoms with Crippen LogP contribution in [0.2, 0.25) is 5.02 Å². The van der Waals surface area contributed by atoms with Crippen LogP contribution in [0, 0.1) is 0 Å². The lowest BCUT2D eigenvalue weighted by Gasteiger charge is -2.18. The normalized spacial score (nSPS) is 16.5. The topological polar surface area (TPSA) is 134 Å². The van der Waals surface area contributed by atoms with Crippen LogP contribution in [0.5, 0.6) is 5.75 Å². The second kappa shape index (κ2) is 11.0. The Labute approximate surface area is 225 Å². The minimum Gasteiger partial charge on any atom is -0.497 e. The molecule has 2 heterocycles. The Kier molecular flexibility index (Phi) is 7.50. The maximum absolute atomic E-state index is 13.5. The summed E-state index contributed by atoms with van der Waals surface area (Å²) in [5.74, 6) is 0.431. The zero-order chi connectivity index (χ0) is 26.7. The molecule has 2 aliphatic rings. The highest BCUT2D eigenvalue weighted by Gasteiger charge is 2.23. The first-order chi connectivity index (χ1) is 18.3. The molecule has 2 aromatic carbocycles. The number of ether oxygens (including phenoxy) is 1. The Morgan fingerprint density at radius 2 is 2.03 bits per heavy atom. The molecular weight excluding hydrogens is 528 g/mol. The lowest BCUT2D eigenvalue weighted by molar-refractivity contribution is 0.0940. The fourth-order valence-electron chi connectivity index (χ4n) is 4.27. The Bertz CT molecular complexity index is 1510. The molecule has 4 N–H and O–H groups in total. The van der Waals surface area contributed by atoms with E-state index in [9.17, 15) is 13.2 Å². The first kappa shape index (κ1) is 26.0. The number of fused-ring (bicyclic) bond motifs is 1. The van der Waals surface area contributed by atoms with Crippen molar-refractivity contribution < 1.29 is 17.9 Å². The van der Waals surface area contributed by atoms with Crippen LogP contribution in [0.3, 0.4) is 0 Å². The monoisotopic (exact) mass is 554 g/mol. The third-order valence-electron chi connectivity index (χ3n) is 6.28. The van der Waals surface area contributed by atoms with Gasteiger partial charge in [0, 0.05) is 24.2 Å². The van der Waals surface area contributed by atoms with E-state index in [0.717, 1.165) is 19.4 Å². The summed E-state index contributed by atoms with van der Waals surface area (Å²) in [6.07, 6.45) is 6.06. The molecule has 0 radical (unpaired) electrons. The highest BCUT2D eigenvalue weighted by atomic mass is 35.5. The molecule has 10 nitrogen and oxygen atoms in total. The molecule has 198 valence electrons. The van der Waals surface area contributed by atoms with Crippen LogP contribution in [0.1, 0.15) is 34.6 Å². The molecule has 38 heavy (non-hydrogen) atoms. The molecule has 0 spiro atoms. The maximum Gasteiger partial charge on any atom is 0.263 e. The maximum atomic E-state index is 13.5. The molecule has 1 amide bonds.